The van der Waals surface area contributed by atoms with E-state index in [-0.39, 0.29) is 10.5 Å². The van der Waals surface area contributed by atoms with Crippen molar-refractivity contribution in [3.8, 4) is 0 Å². The van der Waals surface area contributed by atoms with Crippen LogP contribution in [0.25, 0.3) is 0 Å². The molecule has 0 aliphatic carbocycles. The van der Waals surface area contributed by atoms with Gasteiger partial charge in [-0.05, 0) is 20.3 Å². The van der Waals surface area contributed by atoms with E-state index in [0.717, 1.165) is 5.75 Å². The van der Waals surface area contributed by atoms with Gasteiger partial charge in [0.1, 0.15) is 0 Å². The number of hydrogen-bond donors (Lipinski definition) is 0. The molecule has 0 N–H and O–H groups in total. The van der Waals surface area contributed by atoms with Crippen LogP contribution in [0.1, 0.15) is 27.2 Å². The molecule has 5 heteroatoms. The van der Waals surface area contributed by atoms with Crippen molar-refractivity contribution in [2.45, 2.75) is 31.9 Å². The molecule has 3 nitrogen and oxygen atoms in total. The molecular formula is C9H19NO2S2. The van der Waals surface area contributed by atoms with Crippen LogP contribution in [-0.2, 0) is 10.0 Å². The Balaban J connectivity index is 2.69. The predicted molar refractivity (Wildman–Crippen MR) is 62.2 cm³/mol. The van der Waals surface area contributed by atoms with Gasteiger partial charge in [0.05, 0.1) is 5.75 Å². The van der Waals surface area contributed by atoms with E-state index >= 15 is 0 Å². The van der Waals surface area contributed by atoms with Crippen molar-refractivity contribution >= 4 is 21.8 Å². The zero-order valence-corrected chi connectivity index (χ0v) is 10.7. The molecule has 0 atom stereocenters. The number of nitrogens with zero attached hydrogens (tertiary/aromatic N) is 1. The van der Waals surface area contributed by atoms with E-state index < -0.39 is 10.0 Å². The molecule has 0 aromatic carbocycles. The van der Waals surface area contributed by atoms with Gasteiger partial charge in [0, 0.05) is 23.6 Å². The van der Waals surface area contributed by atoms with E-state index in [1.54, 1.807) is 4.31 Å². The Labute approximate surface area is 91.3 Å². The Morgan fingerprint density at radius 1 is 1.43 bits per heavy atom. The molecular weight excluding hydrogens is 218 g/mol. The molecule has 1 fully saturated rings. The van der Waals surface area contributed by atoms with Crippen LogP contribution < -0.4 is 0 Å². The Morgan fingerprint density at radius 2 is 2.07 bits per heavy atom. The van der Waals surface area contributed by atoms with E-state index in [2.05, 4.69) is 13.8 Å². The SMILES string of the molecule is CCCS(=O)(=O)N1CCSC(C)(C)C1. The second kappa shape index (κ2) is 4.41. The highest BCUT2D eigenvalue weighted by molar-refractivity contribution is 8.00. The molecule has 0 aromatic rings. The fourth-order valence-corrected chi connectivity index (χ4v) is 4.57. The number of rotatable bonds is 3. The van der Waals surface area contributed by atoms with Crippen LogP contribution in [0.2, 0.25) is 0 Å². The van der Waals surface area contributed by atoms with Crippen molar-refractivity contribution in [2.24, 2.45) is 0 Å². The lowest BCUT2D eigenvalue weighted by molar-refractivity contribution is 0.387. The maximum Gasteiger partial charge on any atom is 0.214 e. The van der Waals surface area contributed by atoms with Crippen LogP contribution >= 0.6 is 11.8 Å². The van der Waals surface area contributed by atoms with Crippen LogP contribution in [-0.4, -0.2) is 42.1 Å². The van der Waals surface area contributed by atoms with Crippen molar-refractivity contribution in [3.05, 3.63) is 0 Å². The summed E-state index contributed by atoms with van der Waals surface area (Å²) < 4.78 is 25.3. The lowest BCUT2D eigenvalue weighted by Gasteiger charge is -2.36. The van der Waals surface area contributed by atoms with Crippen molar-refractivity contribution in [1.29, 1.82) is 0 Å². The van der Waals surface area contributed by atoms with Gasteiger partial charge >= 0.3 is 0 Å². The first-order valence-electron chi connectivity index (χ1n) is 4.99. The van der Waals surface area contributed by atoms with Crippen molar-refractivity contribution in [3.63, 3.8) is 0 Å². The molecule has 0 spiro atoms. The van der Waals surface area contributed by atoms with Crippen molar-refractivity contribution in [1.82, 2.24) is 4.31 Å². The quantitative estimate of drug-likeness (QED) is 0.747. The third-order valence-electron chi connectivity index (χ3n) is 2.25. The zero-order valence-electron chi connectivity index (χ0n) is 9.12. The second-order valence-corrected chi connectivity index (χ2v) is 8.15. The highest BCUT2D eigenvalue weighted by Gasteiger charge is 2.32. The zero-order chi connectivity index (χ0) is 10.8. The minimum atomic E-state index is -2.98. The molecule has 1 rings (SSSR count). The van der Waals surface area contributed by atoms with Crippen LogP contribution in [0.15, 0.2) is 0 Å². The molecule has 14 heavy (non-hydrogen) atoms. The third-order valence-corrected chi connectivity index (χ3v) is 5.57. The van der Waals surface area contributed by atoms with Crippen molar-refractivity contribution in [2.75, 3.05) is 24.6 Å². The van der Waals surface area contributed by atoms with E-state index in [1.807, 2.05) is 18.7 Å². The third kappa shape index (κ3) is 3.14. The molecule has 0 aromatic heterocycles. The fraction of sp³-hybridized carbons (Fsp3) is 1.00. The van der Waals surface area contributed by atoms with Gasteiger partial charge in [-0.3, -0.25) is 0 Å². The molecule has 1 heterocycles. The number of hydrogen-bond acceptors (Lipinski definition) is 3. The number of sulfonamides is 1. The molecule has 0 amide bonds. The Kier molecular flexibility index (Phi) is 3.88. The Bertz CT molecular complexity index is 285. The largest absolute Gasteiger partial charge is 0.214 e. The lowest BCUT2D eigenvalue weighted by Crippen LogP contribution is -2.46. The topological polar surface area (TPSA) is 37.4 Å². The first-order valence-corrected chi connectivity index (χ1v) is 7.59. The monoisotopic (exact) mass is 237 g/mol. The van der Waals surface area contributed by atoms with Crippen LogP contribution in [0.4, 0.5) is 0 Å². The Morgan fingerprint density at radius 3 is 2.57 bits per heavy atom. The van der Waals surface area contributed by atoms with Crippen LogP contribution in [0.5, 0.6) is 0 Å². The molecule has 0 saturated carbocycles. The molecule has 1 aliphatic heterocycles. The summed E-state index contributed by atoms with van der Waals surface area (Å²) >= 11 is 1.85. The molecule has 0 unspecified atom stereocenters. The van der Waals surface area contributed by atoms with Gasteiger partial charge in [0.25, 0.3) is 0 Å². The standard InChI is InChI=1S/C9H19NO2S2/c1-4-7-14(11,12)10-5-6-13-9(2,3)8-10/h4-8H2,1-3H3. The summed E-state index contributed by atoms with van der Waals surface area (Å²) in [6, 6.07) is 0. The van der Waals surface area contributed by atoms with Gasteiger partial charge in [-0.1, -0.05) is 6.92 Å². The van der Waals surface area contributed by atoms with Gasteiger partial charge < -0.3 is 0 Å². The highest BCUT2D eigenvalue weighted by atomic mass is 32.2. The molecule has 84 valence electrons. The summed E-state index contributed by atoms with van der Waals surface area (Å²) in [5.41, 5.74) is 0. The highest BCUT2D eigenvalue weighted by Crippen LogP contribution is 2.30. The van der Waals surface area contributed by atoms with Gasteiger partial charge in [-0.25, -0.2) is 8.42 Å². The predicted octanol–water partition coefficient (Wildman–Crippen LogP) is 1.55. The molecule has 0 bridgehead atoms. The average Bonchev–Trinajstić information content (AvgIpc) is 2.02. The molecule has 0 radical (unpaired) electrons. The first-order chi connectivity index (χ1) is 6.37. The van der Waals surface area contributed by atoms with E-state index in [9.17, 15) is 8.42 Å². The van der Waals surface area contributed by atoms with Gasteiger partial charge in [0.2, 0.25) is 10.0 Å². The van der Waals surface area contributed by atoms with Crippen molar-refractivity contribution < 1.29 is 8.42 Å². The summed E-state index contributed by atoms with van der Waals surface area (Å²) in [5, 5.41) is 0. The van der Waals surface area contributed by atoms with E-state index in [0.29, 0.717) is 19.5 Å². The van der Waals surface area contributed by atoms with Gasteiger partial charge in [0.15, 0.2) is 0 Å². The summed E-state index contributed by atoms with van der Waals surface area (Å²) in [4.78, 5) is 0. The normalized spacial score (nSPS) is 23.6. The number of thioether (sulfide) groups is 1. The van der Waals surface area contributed by atoms with E-state index in [1.165, 1.54) is 0 Å². The second-order valence-electron chi connectivity index (χ2n) is 4.26. The van der Waals surface area contributed by atoms with Gasteiger partial charge in [-0.15, -0.1) is 0 Å². The minimum Gasteiger partial charge on any atom is -0.212 e. The molecule has 1 saturated heterocycles. The van der Waals surface area contributed by atoms with E-state index in [4.69, 9.17) is 0 Å². The summed E-state index contributed by atoms with van der Waals surface area (Å²) in [7, 11) is -2.98. The summed E-state index contributed by atoms with van der Waals surface area (Å²) in [6.45, 7) is 7.44. The van der Waals surface area contributed by atoms with Gasteiger partial charge in [-0.2, -0.15) is 16.1 Å². The first kappa shape index (κ1) is 12.3. The Hall–Kier alpha value is 0.260. The lowest BCUT2D eigenvalue weighted by atomic mass is 10.2. The average molecular weight is 237 g/mol. The summed E-state index contributed by atoms with van der Waals surface area (Å²) in [6.07, 6.45) is 0.701. The summed E-state index contributed by atoms with van der Waals surface area (Å²) in [5.74, 6) is 1.20. The molecule has 1 aliphatic rings. The maximum atomic E-state index is 11.8. The smallest absolute Gasteiger partial charge is 0.212 e. The van der Waals surface area contributed by atoms with Crippen LogP contribution in [0.3, 0.4) is 0 Å². The van der Waals surface area contributed by atoms with Crippen LogP contribution in [0, 0.1) is 0 Å². The fourth-order valence-electron chi connectivity index (χ4n) is 1.60. The minimum absolute atomic E-state index is 0.0685. The maximum absolute atomic E-state index is 11.8.